The quantitative estimate of drug-likeness (QED) is 0.554. The Balaban J connectivity index is 2.18. The Labute approximate surface area is 154 Å². The summed E-state index contributed by atoms with van der Waals surface area (Å²) in [6, 6.07) is 10.6. The van der Waals surface area contributed by atoms with Crippen LogP contribution in [0.3, 0.4) is 0 Å². The van der Waals surface area contributed by atoms with Crippen molar-refractivity contribution in [3.8, 4) is 0 Å². The van der Waals surface area contributed by atoms with Gasteiger partial charge < -0.3 is 15.4 Å². The van der Waals surface area contributed by atoms with Gasteiger partial charge in [-0.3, -0.25) is 9.78 Å². The Morgan fingerprint density at radius 2 is 1.96 bits per heavy atom. The Kier molecular flexibility index (Phi) is 6.13. The van der Waals surface area contributed by atoms with Crippen molar-refractivity contribution < 1.29 is 14.3 Å². The molecule has 1 aromatic carbocycles. The lowest BCUT2D eigenvalue weighted by Crippen LogP contribution is -2.47. The number of anilines is 1. The number of halogens is 1. The van der Waals surface area contributed by atoms with Crippen LogP contribution in [0.4, 0.5) is 10.5 Å². The molecular formula is C17H18IN3O3. The molecule has 0 aliphatic carbocycles. The zero-order chi connectivity index (χ0) is 17.6. The highest BCUT2D eigenvalue weighted by Gasteiger charge is 2.32. The van der Waals surface area contributed by atoms with E-state index < -0.39 is 17.5 Å². The molecule has 1 aromatic heterocycles. The number of carbonyl (C=O) groups excluding carboxylic acids is 2. The maximum absolute atomic E-state index is 12.4. The van der Waals surface area contributed by atoms with Gasteiger partial charge in [0.25, 0.3) is 0 Å². The lowest BCUT2D eigenvalue weighted by atomic mass is 9.89. The molecule has 2 amide bonds. The van der Waals surface area contributed by atoms with Gasteiger partial charge in [0.15, 0.2) is 0 Å². The number of carbonyl (C=O) groups is 2. The second-order valence-electron chi connectivity index (χ2n) is 5.41. The summed E-state index contributed by atoms with van der Waals surface area (Å²) >= 11 is 2.17. The van der Waals surface area contributed by atoms with Crippen LogP contribution in [0.15, 0.2) is 48.8 Å². The fourth-order valence-corrected chi connectivity index (χ4v) is 2.82. The van der Waals surface area contributed by atoms with Crippen LogP contribution in [0.1, 0.15) is 18.9 Å². The van der Waals surface area contributed by atoms with E-state index in [0.29, 0.717) is 5.69 Å². The molecule has 2 aromatic rings. The Bertz CT molecular complexity index is 724. The lowest BCUT2D eigenvalue weighted by Gasteiger charge is -2.30. The summed E-state index contributed by atoms with van der Waals surface area (Å²) < 4.78 is 5.77. The minimum absolute atomic E-state index is 0.00720. The van der Waals surface area contributed by atoms with Gasteiger partial charge in [-0.1, -0.05) is 6.07 Å². The third-order valence-corrected chi connectivity index (χ3v) is 4.19. The van der Waals surface area contributed by atoms with Gasteiger partial charge in [-0.2, -0.15) is 0 Å². The number of urea groups is 1. The largest absolute Gasteiger partial charge is 0.469 e. The number of aromatic nitrogens is 1. The number of hydrogen-bond donors (Lipinski definition) is 2. The summed E-state index contributed by atoms with van der Waals surface area (Å²) in [7, 11) is 1.32. The molecule has 0 saturated carbocycles. The molecule has 2 rings (SSSR count). The van der Waals surface area contributed by atoms with Gasteiger partial charge in [0, 0.05) is 21.7 Å². The fourth-order valence-electron chi connectivity index (χ4n) is 2.28. The predicted octanol–water partition coefficient (Wildman–Crippen LogP) is 3.29. The molecule has 7 heteroatoms. The summed E-state index contributed by atoms with van der Waals surface area (Å²) in [5, 5.41) is 5.64. The SMILES string of the molecule is COC(=O)CC(C)(NC(=O)Nc1cccc(I)c1)c1ccncc1. The first-order valence-electron chi connectivity index (χ1n) is 7.25. The second-order valence-corrected chi connectivity index (χ2v) is 6.66. The minimum Gasteiger partial charge on any atom is -0.469 e. The van der Waals surface area contributed by atoms with Crippen molar-refractivity contribution in [2.75, 3.05) is 12.4 Å². The molecule has 1 unspecified atom stereocenters. The molecule has 0 bridgehead atoms. The van der Waals surface area contributed by atoms with E-state index >= 15 is 0 Å². The summed E-state index contributed by atoms with van der Waals surface area (Å²) in [5.74, 6) is -0.413. The number of pyridine rings is 1. The minimum atomic E-state index is -0.915. The van der Waals surface area contributed by atoms with Crippen molar-refractivity contribution in [2.45, 2.75) is 18.9 Å². The third-order valence-electron chi connectivity index (χ3n) is 3.51. The molecule has 0 radical (unpaired) electrons. The van der Waals surface area contributed by atoms with Crippen LogP contribution in [-0.4, -0.2) is 24.1 Å². The van der Waals surface area contributed by atoms with Crippen LogP contribution in [-0.2, 0) is 15.1 Å². The number of esters is 1. The van der Waals surface area contributed by atoms with Crippen LogP contribution < -0.4 is 10.6 Å². The molecule has 1 atom stereocenters. The molecule has 6 nitrogen and oxygen atoms in total. The van der Waals surface area contributed by atoms with Crippen LogP contribution in [0, 0.1) is 3.57 Å². The molecule has 24 heavy (non-hydrogen) atoms. The lowest BCUT2D eigenvalue weighted by molar-refractivity contribution is -0.142. The number of ether oxygens (including phenoxy) is 1. The molecule has 0 spiro atoms. The molecule has 0 aliphatic rings. The average Bonchev–Trinajstić information content (AvgIpc) is 2.55. The van der Waals surface area contributed by atoms with Gasteiger partial charge in [-0.25, -0.2) is 4.79 Å². The Hall–Kier alpha value is -2.16. The molecule has 0 saturated heterocycles. The fraction of sp³-hybridized carbons (Fsp3) is 0.235. The Morgan fingerprint density at radius 3 is 2.58 bits per heavy atom. The maximum atomic E-state index is 12.4. The molecule has 1 heterocycles. The van der Waals surface area contributed by atoms with Crippen LogP contribution >= 0.6 is 22.6 Å². The van der Waals surface area contributed by atoms with Gasteiger partial charge in [0.2, 0.25) is 0 Å². The van der Waals surface area contributed by atoms with Crippen LogP contribution in [0.2, 0.25) is 0 Å². The summed E-state index contributed by atoms with van der Waals surface area (Å²) in [6.45, 7) is 1.77. The van der Waals surface area contributed by atoms with E-state index in [1.165, 1.54) is 7.11 Å². The Morgan fingerprint density at radius 1 is 1.25 bits per heavy atom. The molecule has 0 aliphatic heterocycles. The van der Waals surface area contributed by atoms with Crippen LogP contribution in [0.5, 0.6) is 0 Å². The van der Waals surface area contributed by atoms with E-state index in [0.717, 1.165) is 9.13 Å². The zero-order valence-corrected chi connectivity index (χ0v) is 15.5. The number of benzene rings is 1. The first-order valence-corrected chi connectivity index (χ1v) is 8.33. The molecular weight excluding hydrogens is 421 g/mol. The first kappa shape index (κ1) is 18.2. The molecule has 126 valence electrons. The monoisotopic (exact) mass is 439 g/mol. The van der Waals surface area contributed by atoms with E-state index in [9.17, 15) is 9.59 Å². The van der Waals surface area contributed by atoms with Crippen molar-refractivity contribution in [2.24, 2.45) is 0 Å². The summed E-state index contributed by atoms with van der Waals surface area (Å²) in [4.78, 5) is 28.1. The van der Waals surface area contributed by atoms with Gasteiger partial charge in [-0.15, -0.1) is 0 Å². The number of methoxy groups -OCH3 is 1. The topological polar surface area (TPSA) is 80.3 Å². The van der Waals surface area contributed by atoms with Gasteiger partial charge in [0.05, 0.1) is 19.1 Å². The first-order chi connectivity index (χ1) is 11.4. The number of amides is 2. The van der Waals surface area contributed by atoms with Crippen molar-refractivity contribution >= 4 is 40.3 Å². The number of rotatable bonds is 5. The second kappa shape index (κ2) is 8.09. The molecule has 2 N–H and O–H groups in total. The normalized spacial score (nSPS) is 12.8. The van der Waals surface area contributed by atoms with Crippen molar-refractivity contribution in [1.82, 2.24) is 10.3 Å². The van der Waals surface area contributed by atoms with E-state index in [4.69, 9.17) is 4.74 Å². The van der Waals surface area contributed by atoms with E-state index in [2.05, 4.69) is 38.2 Å². The highest BCUT2D eigenvalue weighted by molar-refractivity contribution is 14.1. The van der Waals surface area contributed by atoms with Gasteiger partial charge in [-0.05, 0) is 65.4 Å². The summed E-state index contributed by atoms with van der Waals surface area (Å²) in [5.41, 5.74) is 0.525. The highest BCUT2D eigenvalue weighted by atomic mass is 127. The molecule has 0 fully saturated rings. The smallest absolute Gasteiger partial charge is 0.319 e. The average molecular weight is 439 g/mol. The van der Waals surface area contributed by atoms with E-state index in [-0.39, 0.29) is 6.42 Å². The predicted molar refractivity (Wildman–Crippen MR) is 99.5 cm³/mol. The van der Waals surface area contributed by atoms with E-state index in [1.54, 1.807) is 37.5 Å². The highest BCUT2D eigenvalue weighted by Crippen LogP contribution is 2.25. The van der Waals surface area contributed by atoms with Crippen molar-refractivity contribution in [3.05, 3.63) is 57.9 Å². The third kappa shape index (κ3) is 4.92. The summed E-state index contributed by atoms with van der Waals surface area (Å²) in [6.07, 6.45) is 3.24. The van der Waals surface area contributed by atoms with E-state index in [1.807, 2.05) is 18.2 Å². The number of nitrogens with one attached hydrogen (secondary N) is 2. The zero-order valence-electron chi connectivity index (χ0n) is 13.4. The number of nitrogens with zero attached hydrogens (tertiary/aromatic N) is 1. The standard InChI is InChI=1S/C17H18IN3O3/c1-17(11-15(22)24-2,12-6-8-19-9-7-12)21-16(23)20-14-5-3-4-13(18)10-14/h3-10H,11H2,1-2H3,(H2,20,21,23). The van der Waals surface area contributed by atoms with Crippen molar-refractivity contribution in [1.29, 1.82) is 0 Å². The van der Waals surface area contributed by atoms with Crippen molar-refractivity contribution in [3.63, 3.8) is 0 Å². The van der Waals surface area contributed by atoms with Gasteiger partial charge >= 0.3 is 12.0 Å². The number of hydrogen-bond acceptors (Lipinski definition) is 4. The van der Waals surface area contributed by atoms with Gasteiger partial charge in [0.1, 0.15) is 0 Å². The van der Waals surface area contributed by atoms with Crippen LogP contribution in [0.25, 0.3) is 0 Å². The maximum Gasteiger partial charge on any atom is 0.319 e.